The molecule has 0 bridgehead atoms. The average Bonchev–Trinajstić information content (AvgIpc) is 3.20. The predicted octanol–water partition coefficient (Wildman–Crippen LogP) is 4.03. The molecule has 0 fully saturated rings. The summed E-state index contributed by atoms with van der Waals surface area (Å²) in [5.74, 6) is -2.48. The topological polar surface area (TPSA) is 293 Å². The molecule has 0 aromatic heterocycles. The summed E-state index contributed by atoms with van der Waals surface area (Å²) < 4.78 is 6.31. The molecule has 0 amide bonds. The van der Waals surface area contributed by atoms with E-state index in [1.54, 1.807) is 13.0 Å². The van der Waals surface area contributed by atoms with Crippen molar-refractivity contribution in [3.63, 3.8) is 0 Å². The molecule has 14 N–H and O–H groups in total. The molecule has 370 valence electrons. The van der Waals surface area contributed by atoms with Gasteiger partial charge in [0, 0.05) is 24.8 Å². The number of hydrogen-bond acceptors (Lipinski definition) is 13. The van der Waals surface area contributed by atoms with Crippen LogP contribution in [-0.4, -0.2) is 137 Å². The Labute approximate surface area is 378 Å². The lowest BCUT2D eigenvalue weighted by atomic mass is 9.84. The van der Waals surface area contributed by atoms with Crippen LogP contribution in [0.4, 0.5) is 0 Å². The summed E-state index contributed by atoms with van der Waals surface area (Å²) in [6.45, 7) is 11.7. The number of unbranched alkanes of at least 4 members (excludes halogenated alkanes) is 1. The molecule has 15 nitrogen and oxygen atoms in total. The largest absolute Gasteiger partial charge is 0.461 e. The second-order valence-electron chi connectivity index (χ2n) is 19.1. The predicted molar refractivity (Wildman–Crippen MR) is 247 cm³/mol. The zero-order valence-electron chi connectivity index (χ0n) is 39.6. The van der Waals surface area contributed by atoms with Crippen molar-refractivity contribution in [2.75, 3.05) is 6.54 Å². The van der Waals surface area contributed by atoms with E-state index in [0.29, 0.717) is 89.2 Å². The summed E-state index contributed by atoms with van der Waals surface area (Å²) in [7, 11) is 0. The van der Waals surface area contributed by atoms with Gasteiger partial charge in [0.05, 0.1) is 67.0 Å². The number of hydrogen-bond donors (Lipinski definition) is 12. The van der Waals surface area contributed by atoms with Crippen LogP contribution in [0.25, 0.3) is 0 Å². The second-order valence-corrected chi connectivity index (χ2v) is 19.1. The van der Waals surface area contributed by atoms with E-state index in [0.717, 1.165) is 18.4 Å². The molecule has 1 aliphatic heterocycles. The molecule has 1 aliphatic rings. The molecule has 15 unspecified atom stereocenters. The molecule has 0 aromatic rings. The van der Waals surface area contributed by atoms with Crippen molar-refractivity contribution >= 4 is 11.9 Å². The van der Waals surface area contributed by atoms with E-state index in [9.17, 15) is 55.9 Å². The third-order valence-corrected chi connectivity index (χ3v) is 12.9. The quantitative estimate of drug-likeness (QED) is 0.0512. The maximum absolute atomic E-state index is 14.1. The van der Waals surface area contributed by atoms with E-state index in [4.69, 9.17) is 16.2 Å². The molecule has 0 saturated carbocycles. The first-order chi connectivity index (χ1) is 29.6. The Hall–Kier alpha value is -2.18. The van der Waals surface area contributed by atoms with E-state index in [-0.39, 0.29) is 56.3 Å². The van der Waals surface area contributed by atoms with Crippen LogP contribution in [0.2, 0.25) is 0 Å². The van der Waals surface area contributed by atoms with Crippen molar-refractivity contribution in [1.29, 1.82) is 0 Å². The third-order valence-electron chi connectivity index (χ3n) is 12.9. The van der Waals surface area contributed by atoms with E-state index < -0.39 is 84.9 Å². The third kappa shape index (κ3) is 25.9. The van der Waals surface area contributed by atoms with Crippen LogP contribution in [0.3, 0.4) is 0 Å². The Morgan fingerprint density at radius 2 is 1.33 bits per heavy atom. The Balaban J connectivity index is 3.29. The number of carbonyl (C=O) groups excluding carboxylic acids is 1. The van der Waals surface area contributed by atoms with Gasteiger partial charge < -0.3 is 67.3 Å². The number of guanidine groups is 1. The van der Waals surface area contributed by atoms with Gasteiger partial charge in [-0.05, 0) is 128 Å². The summed E-state index contributed by atoms with van der Waals surface area (Å²) in [6.07, 6.45) is 1.56. The number of rotatable bonds is 9. The Bertz CT molecular complexity index is 1320. The van der Waals surface area contributed by atoms with Crippen molar-refractivity contribution < 1.29 is 60.6 Å². The van der Waals surface area contributed by atoms with Crippen LogP contribution >= 0.6 is 0 Å². The molecule has 1 rings (SSSR count). The molecule has 0 saturated heterocycles. The van der Waals surface area contributed by atoms with Gasteiger partial charge in [-0.3, -0.25) is 9.79 Å². The first-order valence-electron chi connectivity index (χ1n) is 24.0. The second kappa shape index (κ2) is 32.5. The molecule has 0 aliphatic carbocycles. The average molecular weight is 902 g/mol. The highest BCUT2D eigenvalue weighted by Gasteiger charge is 2.37. The summed E-state index contributed by atoms with van der Waals surface area (Å²) in [5.41, 5.74) is 12.6. The number of nitrogens with two attached hydrogens (primary N) is 2. The molecular weight excluding hydrogens is 811 g/mol. The molecular formula is C48H91N3O12. The van der Waals surface area contributed by atoms with Gasteiger partial charge in [0.25, 0.3) is 0 Å². The minimum absolute atomic E-state index is 0.0149. The lowest BCUT2D eigenvalue weighted by Crippen LogP contribution is -2.42. The monoisotopic (exact) mass is 902 g/mol. The molecule has 15 heteroatoms. The number of aliphatic hydroxyl groups excluding tert-OH is 10. The smallest absolute Gasteiger partial charge is 0.311 e. The standard InChI is InChI=1S/C48H91N3O12/c1-7-8-17-42-45(61)32(4)20-21-35(52)15-11-16-37(54)29-44(60)31(3)19-22-38(55)26-40(57)28-41(58)27-39(56)25-36(53)14-10-9-13-30(2)24-33(5)46(63-47(42)62)34(6)43(59)18-12-23-51-48(49)50/h19,24,32-46,52-61H,7-18,20-23,25-29H2,1-6H3,(H4,49,50,51). The first kappa shape index (κ1) is 58.8. The number of esters is 1. The number of cyclic esters (lactones) is 1. The maximum atomic E-state index is 14.1. The van der Waals surface area contributed by atoms with Crippen molar-refractivity contribution in [2.24, 2.45) is 40.1 Å². The molecule has 0 spiro atoms. The summed E-state index contributed by atoms with van der Waals surface area (Å²) in [4.78, 5) is 18.1. The fourth-order valence-electron chi connectivity index (χ4n) is 8.70. The number of carbonyl (C=O) groups is 1. The molecule has 63 heavy (non-hydrogen) atoms. The number of nitrogens with zero attached hydrogens (tertiary/aromatic N) is 1. The van der Waals surface area contributed by atoms with Gasteiger partial charge in [0.2, 0.25) is 0 Å². The van der Waals surface area contributed by atoms with E-state index in [1.165, 1.54) is 0 Å². The van der Waals surface area contributed by atoms with Gasteiger partial charge in [-0.2, -0.15) is 0 Å². The van der Waals surface area contributed by atoms with E-state index in [2.05, 4.69) is 4.99 Å². The summed E-state index contributed by atoms with van der Waals surface area (Å²) in [6, 6.07) is 0. The fraction of sp³-hybridized carbons (Fsp3) is 0.875. The maximum Gasteiger partial charge on any atom is 0.311 e. The molecule has 0 radical (unpaired) electrons. The normalized spacial score (nSPS) is 34.6. The lowest BCUT2D eigenvalue weighted by Gasteiger charge is -2.34. The van der Waals surface area contributed by atoms with E-state index in [1.807, 2.05) is 40.7 Å². The highest BCUT2D eigenvalue weighted by Crippen LogP contribution is 2.31. The zero-order valence-corrected chi connectivity index (χ0v) is 39.6. The first-order valence-corrected chi connectivity index (χ1v) is 24.0. The minimum Gasteiger partial charge on any atom is -0.461 e. The summed E-state index contributed by atoms with van der Waals surface area (Å²) in [5, 5.41) is 108. The van der Waals surface area contributed by atoms with Gasteiger partial charge in [-0.1, -0.05) is 64.7 Å². The molecule has 0 aromatic carbocycles. The van der Waals surface area contributed by atoms with Crippen LogP contribution in [0.15, 0.2) is 28.3 Å². The number of ether oxygens (including phenoxy) is 1. The van der Waals surface area contributed by atoms with Gasteiger partial charge >= 0.3 is 5.97 Å². The van der Waals surface area contributed by atoms with Crippen LogP contribution in [0.5, 0.6) is 0 Å². The molecule has 15 atom stereocenters. The zero-order chi connectivity index (χ0) is 47.6. The van der Waals surface area contributed by atoms with Crippen molar-refractivity contribution in [1.82, 2.24) is 0 Å². The number of aliphatic imine (C=N–C) groups is 1. The van der Waals surface area contributed by atoms with Crippen molar-refractivity contribution in [3.05, 3.63) is 23.3 Å². The Kier molecular flexibility index (Phi) is 30.3. The molecule has 1 heterocycles. The van der Waals surface area contributed by atoms with Crippen LogP contribution in [-0.2, 0) is 9.53 Å². The Morgan fingerprint density at radius 1 is 0.762 bits per heavy atom. The highest BCUT2D eigenvalue weighted by atomic mass is 16.5. The van der Waals surface area contributed by atoms with Gasteiger partial charge in [-0.15, -0.1) is 0 Å². The number of allylic oxidation sites excluding steroid dienone is 1. The lowest BCUT2D eigenvalue weighted by molar-refractivity contribution is -0.167. The van der Waals surface area contributed by atoms with Gasteiger partial charge in [-0.25, -0.2) is 0 Å². The minimum atomic E-state index is -1.04. The Morgan fingerprint density at radius 3 is 1.95 bits per heavy atom. The number of aliphatic hydroxyl groups is 10. The van der Waals surface area contributed by atoms with Crippen LogP contribution < -0.4 is 11.5 Å². The van der Waals surface area contributed by atoms with Crippen LogP contribution in [0, 0.1) is 23.7 Å². The van der Waals surface area contributed by atoms with E-state index >= 15 is 0 Å². The van der Waals surface area contributed by atoms with Crippen LogP contribution in [0.1, 0.15) is 170 Å². The van der Waals surface area contributed by atoms with Gasteiger partial charge in [0.1, 0.15) is 6.10 Å². The van der Waals surface area contributed by atoms with Crippen molar-refractivity contribution in [3.8, 4) is 0 Å². The fourth-order valence-corrected chi connectivity index (χ4v) is 8.70. The highest BCUT2D eigenvalue weighted by molar-refractivity contribution is 5.75. The van der Waals surface area contributed by atoms with Gasteiger partial charge in [0.15, 0.2) is 5.96 Å². The SMILES string of the molecule is CCCCC1C(=O)OC(C(C)C(O)CCCN=C(N)N)C(C)C=C(C)CCCCC(O)CC(O)CC(O)CC(O)CC(O)CC=C(C)C(O)CC(O)CCCC(O)CCC(C)C1O. The van der Waals surface area contributed by atoms with Crippen molar-refractivity contribution in [2.45, 2.75) is 237 Å². The summed E-state index contributed by atoms with van der Waals surface area (Å²) >= 11 is 0.